The molecule has 2 fully saturated rings. The highest BCUT2D eigenvalue weighted by atomic mass is 16.5. The molecule has 3 heteroatoms. The van der Waals surface area contributed by atoms with Crippen LogP contribution in [0.4, 0.5) is 0 Å². The average molecular weight is 255 g/mol. The second-order valence-corrected chi connectivity index (χ2v) is 6.43. The van der Waals surface area contributed by atoms with Gasteiger partial charge in [0.05, 0.1) is 0 Å². The Labute approximate surface area is 112 Å². The summed E-state index contributed by atoms with van der Waals surface area (Å²) in [6, 6.07) is 6.74. The van der Waals surface area contributed by atoms with E-state index in [1.807, 2.05) is 0 Å². The average Bonchev–Trinajstić information content (AvgIpc) is 2.72. The fraction of sp³-hybridized carbons (Fsp3) is 0.562. The first-order valence-corrected chi connectivity index (χ1v) is 7.36. The molecule has 0 radical (unpaired) electrons. The maximum absolute atomic E-state index is 12.5. The summed E-state index contributed by atoms with van der Waals surface area (Å²) in [7, 11) is 0. The van der Waals surface area contributed by atoms with Gasteiger partial charge in [-0.25, -0.2) is 0 Å². The van der Waals surface area contributed by atoms with E-state index in [2.05, 4.69) is 23.5 Å². The monoisotopic (exact) mass is 255 g/mol. The van der Waals surface area contributed by atoms with Gasteiger partial charge in [-0.2, -0.15) is 0 Å². The Bertz CT molecular complexity index is 596. The Morgan fingerprint density at radius 3 is 3.26 bits per heavy atom. The lowest BCUT2D eigenvalue weighted by atomic mass is 9.52. The summed E-state index contributed by atoms with van der Waals surface area (Å²) in [5.41, 5.74) is 2.79. The Balaban J connectivity index is 1.85. The van der Waals surface area contributed by atoms with Crippen LogP contribution < -0.4 is 10.1 Å². The second kappa shape index (κ2) is 3.21. The Hall–Kier alpha value is -1.35. The predicted octanol–water partition coefficient (Wildman–Crippen LogP) is 1.58. The maximum atomic E-state index is 12.5. The van der Waals surface area contributed by atoms with E-state index in [0.717, 1.165) is 31.6 Å². The largest absolute Gasteiger partial charge is 0.489 e. The van der Waals surface area contributed by atoms with Gasteiger partial charge < -0.3 is 10.1 Å². The molecule has 4 atom stereocenters. The van der Waals surface area contributed by atoms with Crippen LogP contribution >= 0.6 is 0 Å². The molecule has 19 heavy (non-hydrogen) atoms. The van der Waals surface area contributed by atoms with Crippen LogP contribution in [-0.4, -0.2) is 24.5 Å². The molecule has 0 aromatic heterocycles. The molecule has 2 aliphatic heterocycles. The van der Waals surface area contributed by atoms with E-state index in [1.54, 1.807) is 0 Å². The van der Waals surface area contributed by atoms with Crippen LogP contribution in [0, 0.1) is 5.92 Å². The second-order valence-electron chi connectivity index (χ2n) is 6.43. The van der Waals surface area contributed by atoms with E-state index >= 15 is 0 Å². The van der Waals surface area contributed by atoms with Gasteiger partial charge in [0.15, 0.2) is 0 Å². The summed E-state index contributed by atoms with van der Waals surface area (Å²) >= 11 is 0. The van der Waals surface area contributed by atoms with Crippen molar-refractivity contribution in [3.63, 3.8) is 0 Å². The van der Waals surface area contributed by atoms with Crippen molar-refractivity contribution < 1.29 is 9.53 Å². The molecule has 98 valence electrons. The molecule has 2 heterocycles. The molecule has 2 bridgehead atoms. The molecule has 5 rings (SSSR count). The number of carbonyl (C=O) groups excluding carboxylic acids is 1. The van der Waals surface area contributed by atoms with Crippen molar-refractivity contribution in [2.75, 3.05) is 6.54 Å². The van der Waals surface area contributed by atoms with Crippen molar-refractivity contribution in [1.29, 1.82) is 0 Å². The fourth-order valence-corrected chi connectivity index (χ4v) is 5.22. The summed E-state index contributed by atoms with van der Waals surface area (Å²) in [5, 5.41) is 3.58. The number of ketones is 1. The minimum absolute atomic E-state index is 0.00454. The lowest BCUT2D eigenvalue weighted by Crippen LogP contribution is -2.65. The molecule has 1 saturated heterocycles. The molecule has 1 spiro atoms. The van der Waals surface area contributed by atoms with E-state index in [4.69, 9.17) is 4.74 Å². The van der Waals surface area contributed by atoms with Crippen LogP contribution in [0.1, 0.15) is 30.4 Å². The zero-order chi connectivity index (χ0) is 12.6. The van der Waals surface area contributed by atoms with E-state index < -0.39 is 0 Å². The molecule has 1 saturated carbocycles. The molecule has 1 aromatic carbocycles. The number of hydrogen-bond donors (Lipinski definition) is 1. The molecule has 1 N–H and O–H groups in total. The number of hydrogen-bond acceptors (Lipinski definition) is 3. The molecule has 4 unspecified atom stereocenters. The molecule has 4 aliphatic rings. The number of benzene rings is 1. The van der Waals surface area contributed by atoms with Crippen LogP contribution in [0.25, 0.3) is 0 Å². The Morgan fingerprint density at radius 2 is 2.32 bits per heavy atom. The van der Waals surface area contributed by atoms with Gasteiger partial charge in [0.25, 0.3) is 0 Å². The zero-order valence-corrected chi connectivity index (χ0v) is 10.8. The summed E-state index contributed by atoms with van der Waals surface area (Å²) in [6.45, 7) is 1.02. The van der Waals surface area contributed by atoms with Crippen LogP contribution in [0.5, 0.6) is 5.75 Å². The van der Waals surface area contributed by atoms with Crippen LogP contribution in [0.2, 0.25) is 0 Å². The lowest BCUT2D eigenvalue weighted by Gasteiger charge is -2.53. The summed E-state index contributed by atoms with van der Waals surface area (Å²) in [5.74, 6) is 1.66. The molecular weight excluding hydrogens is 238 g/mol. The Kier molecular flexibility index (Phi) is 1.76. The van der Waals surface area contributed by atoms with Crippen molar-refractivity contribution in [1.82, 2.24) is 5.32 Å². The topological polar surface area (TPSA) is 38.3 Å². The number of rotatable bonds is 0. The minimum Gasteiger partial charge on any atom is -0.489 e. The van der Waals surface area contributed by atoms with Crippen LogP contribution in [-0.2, 0) is 16.6 Å². The van der Waals surface area contributed by atoms with Gasteiger partial charge in [-0.3, -0.25) is 4.79 Å². The van der Waals surface area contributed by atoms with Crippen LogP contribution in [0.15, 0.2) is 18.2 Å². The highest BCUT2D eigenvalue weighted by Crippen LogP contribution is 2.59. The quantitative estimate of drug-likeness (QED) is 0.765. The van der Waals surface area contributed by atoms with Crippen molar-refractivity contribution in [2.45, 2.75) is 43.2 Å². The van der Waals surface area contributed by atoms with Gasteiger partial charge in [-0.1, -0.05) is 12.1 Å². The third kappa shape index (κ3) is 1.04. The van der Waals surface area contributed by atoms with E-state index in [-0.39, 0.29) is 17.4 Å². The highest BCUT2D eigenvalue weighted by Gasteiger charge is 2.64. The molecule has 2 aliphatic carbocycles. The van der Waals surface area contributed by atoms with Crippen molar-refractivity contribution in [3.05, 3.63) is 29.3 Å². The lowest BCUT2D eigenvalue weighted by molar-refractivity contribution is -0.135. The normalized spacial score (nSPS) is 41.7. The molecule has 3 nitrogen and oxygen atoms in total. The minimum atomic E-state index is -0.00454. The molecule has 0 amide bonds. The van der Waals surface area contributed by atoms with Crippen molar-refractivity contribution >= 4 is 5.78 Å². The fourth-order valence-electron chi connectivity index (χ4n) is 5.22. The van der Waals surface area contributed by atoms with Gasteiger partial charge in [0.1, 0.15) is 17.6 Å². The first-order chi connectivity index (χ1) is 9.30. The zero-order valence-electron chi connectivity index (χ0n) is 10.8. The first kappa shape index (κ1) is 10.4. The maximum Gasteiger partial charge on any atom is 0.138 e. The van der Waals surface area contributed by atoms with Gasteiger partial charge in [-0.15, -0.1) is 0 Å². The van der Waals surface area contributed by atoms with Gasteiger partial charge in [0, 0.05) is 29.4 Å². The number of ether oxygens (including phenoxy) is 1. The smallest absolute Gasteiger partial charge is 0.138 e. The van der Waals surface area contributed by atoms with E-state index in [0.29, 0.717) is 18.2 Å². The number of piperidine rings is 1. The van der Waals surface area contributed by atoms with Gasteiger partial charge in [0.2, 0.25) is 0 Å². The van der Waals surface area contributed by atoms with Gasteiger partial charge >= 0.3 is 0 Å². The molecule has 1 aromatic rings. The summed E-state index contributed by atoms with van der Waals surface area (Å²) in [6.07, 6.45) is 3.86. The van der Waals surface area contributed by atoms with Crippen LogP contribution in [0.3, 0.4) is 0 Å². The number of Topliss-reactive ketones (excluding diaryl/α,β-unsaturated/α-hetero) is 1. The first-order valence-electron chi connectivity index (χ1n) is 7.36. The van der Waals surface area contributed by atoms with E-state index in [9.17, 15) is 4.79 Å². The number of carbonyl (C=O) groups is 1. The highest BCUT2D eigenvalue weighted by molar-refractivity contribution is 5.86. The molecular formula is C16H17NO2. The number of nitrogens with one attached hydrogen (secondary N) is 1. The third-order valence-corrected chi connectivity index (χ3v) is 5.76. The summed E-state index contributed by atoms with van der Waals surface area (Å²) in [4.78, 5) is 12.5. The van der Waals surface area contributed by atoms with Crippen molar-refractivity contribution in [2.24, 2.45) is 5.92 Å². The van der Waals surface area contributed by atoms with E-state index in [1.165, 1.54) is 11.1 Å². The Morgan fingerprint density at radius 1 is 1.37 bits per heavy atom. The summed E-state index contributed by atoms with van der Waals surface area (Å²) < 4.78 is 6.25. The standard InChI is InChI=1S/C16H17NO2/c18-11-4-5-13-16-6-7-17-10(15(11)16)8-9-2-1-3-12(19-13)14(9)16/h1-3,10,13,15,17H,4-8H2. The van der Waals surface area contributed by atoms with Crippen molar-refractivity contribution in [3.8, 4) is 5.75 Å². The SMILES string of the molecule is O=C1CCC2Oc3cccc4c3C23CCNC(C4)C13. The predicted molar refractivity (Wildman–Crippen MR) is 70.4 cm³/mol. The third-order valence-electron chi connectivity index (χ3n) is 5.76. The van der Waals surface area contributed by atoms with Gasteiger partial charge in [-0.05, 0) is 37.4 Å².